The van der Waals surface area contributed by atoms with Crippen LogP contribution in [0.25, 0.3) is 0 Å². The lowest BCUT2D eigenvalue weighted by atomic mass is 10.2. The lowest BCUT2D eigenvalue weighted by Gasteiger charge is -2.23. The van der Waals surface area contributed by atoms with Crippen molar-refractivity contribution in [2.24, 2.45) is 5.10 Å². The molecule has 0 unspecified atom stereocenters. The molecule has 0 aliphatic heterocycles. The van der Waals surface area contributed by atoms with Crippen molar-refractivity contribution in [3.8, 4) is 5.75 Å². The number of nitrogens with one attached hydrogen (secondary N) is 2. The van der Waals surface area contributed by atoms with Crippen molar-refractivity contribution in [1.29, 1.82) is 0 Å². The van der Waals surface area contributed by atoms with Gasteiger partial charge in [-0.2, -0.15) is 5.10 Å². The van der Waals surface area contributed by atoms with Crippen molar-refractivity contribution < 1.29 is 22.7 Å². The highest BCUT2D eigenvalue weighted by Gasteiger charge is 2.22. The molecule has 9 nitrogen and oxygen atoms in total. The summed E-state index contributed by atoms with van der Waals surface area (Å²) in [5.74, 6) is -0.421. The zero-order valence-electron chi connectivity index (χ0n) is 20.6. The Morgan fingerprint density at radius 1 is 1.00 bits per heavy atom. The number of sulfonamides is 1. The smallest absolute Gasteiger partial charge is 0.262 e. The molecule has 2 amide bonds. The average Bonchev–Trinajstić information content (AvgIpc) is 2.84. The predicted molar refractivity (Wildman–Crippen MR) is 146 cm³/mol. The van der Waals surface area contributed by atoms with E-state index in [0.29, 0.717) is 33.3 Å². The largest absolute Gasteiger partial charge is 0.484 e. The molecule has 37 heavy (non-hydrogen) atoms. The molecule has 0 radical (unpaired) electrons. The molecule has 0 aliphatic rings. The monoisotopic (exact) mass is 542 g/mol. The molecule has 3 aromatic rings. The number of aryl methyl sites for hydroxylation is 2. The maximum Gasteiger partial charge on any atom is 0.262 e. The molecule has 2 N–H and O–H groups in total. The van der Waals surface area contributed by atoms with Gasteiger partial charge in [0.15, 0.2) is 6.61 Å². The van der Waals surface area contributed by atoms with Crippen molar-refractivity contribution in [2.75, 3.05) is 29.0 Å². The van der Waals surface area contributed by atoms with Crippen LogP contribution < -0.4 is 19.8 Å². The van der Waals surface area contributed by atoms with Crippen LogP contribution in [0.4, 0.5) is 11.4 Å². The van der Waals surface area contributed by atoms with Gasteiger partial charge in [-0.1, -0.05) is 35.4 Å². The molecule has 0 aromatic heterocycles. The molecule has 3 rings (SSSR count). The van der Waals surface area contributed by atoms with Gasteiger partial charge in [-0.15, -0.1) is 0 Å². The number of carbonyl (C=O) groups is 2. The van der Waals surface area contributed by atoms with Crippen LogP contribution in [0.15, 0.2) is 71.8 Å². The van der Waals surface area contributed by atoms with Crippen LogP contribution in [-0.4, -0.2) is 45.9 Å². The van der Waals surface area contributed by atoms with E-state index in [4.69, 9.17) is 16.3 Å². The number of hydrazone groups is 1. The highest BCUT2D eigenvalue weighted by Crippen LogP contribution is 2.26. The molecule has 0 bridgehead atoms. The zero-order chi connectivity index (χ0) is 27.0. The predicted octanol–water partition coefficient (Wildman–Crippen LogP) is 3.89. The summed E-state index contributed by atoms with van der Waals surface area (Å²) in [4.78, 5) is 24.5. The minimum atomic E-state index is -3.75. The number of ether oxygens (including phenoxy) is 1. The molecule has 11 heteroatoms. The lowest BCUT2D eigenvalue weighted by Crippen LogP contribution is -2.39. The van der Waals surface area contributed by atoms with Gasteiger partial charge in [-0.05, 0) is 73.5 Å². The van der Waals surface area contributed by atoms with Crippen LogP contribution in [0.1, 0.15) is 16.7 Å². The highest BCUT2D eigenvalue weighted by molar-refractivity contribution is 7.92. The topological polar surface area (TPSA) is 117 Å². The van der Waals surface area contributed by atoms with Gasteiger partial charge in [0.25, 0.3) is 11.8 Å². The molecule has 0 spiro atoms. The molecule has 0 saturated carbocycles. The summed E-state index contributed by atoms with van der Waals surface area (Å²) in [6.45, 7) is 3.08. The van der Waals surface area contributed by atoms with Gasteiger partial charge in [0, 0.05) is 10.7 Å². The van der Waals surface area contributed by atoms with Crippen LogP contribution in [0.2, 0.25) is 5.02 Å². The minimum absolute atomic E-state index is 0.152. The van der Waals surface area contributed by atoms with E-state index in [1.165, 1.54) is 12.3 Å². The Labute approximate surface area is 221 Å². The fourth-order valence-corrected chi connectivity index (χ4v) is 4.28. The maximum absolute atomic E-state index is 12.4. The summed E-state index contributed by atoms with van der Waals surface area (Å²) in [6.07, 6.45) is 2.42. The summed E-state index contributed by atoms with van der Waals surface area (Å²) in [5.41, 5.74) is 5.74. The van der Waals surface area contributed by atoms with E-state index in [1.807, 2.05) is 31.2 Å². The van der Waals surface area contributed by atoms with E-state index in [1.54, 1.807) is 43.3 Å². The van der Waals surface area contributed by atoms with Crippen molar-refractivity contribution in [3.05, 3.63) is 88.4 Å². The maximum atomic E-state index is 12.4. The van der Waals surface area contributed by atoms with Gasteiger partial charge < -0.3 is 10.1 Å². The Morgan fingerprint density at radius 2 is 1.68 bits per heavy atom. The molecule has 3 aromatic carbocycles. The second kappa shape index (κ2) is 12.4. The van der Waals surface area contributed by atoms with Crippen LogP contribution in [-0.2, 0) is 19.6 Å². The van der Waals surface area contributed by atoms with E-state index in [2.05, 4.69) is 15.8 Å². The molecule has 0 aliphatic carbocycles. The van der Waals surface area contributed by atoms with Gasteiger partial charge in [0.05, 0.1) is 18.2 Å². The Balaban J connectivity index is 1.51. The normalized spacial score (nSPS) is 11.2. The second-order valence-corrected chi connectivity index (χ2v) is 10.6. The minimum Gasteiger partial charge on any atom is -0.484 e. The van der Waals surface area contributed by atoms with Crippen molar-refractivity contribution in [2.45, 2.75) is 13.8 Å². The number of carbonyl (C=O) groups excluding carboxylic acids is 2. The van der Waals surface area contributed by atoms with Crippen molar-refractivity contribution >= 4 is 51.0 Å². The number of hydrogen-bond donors (Lipinski definition) is 2. The number of benzene rings is 3. The number of halogens is 1. The summed E-state index contributed by atoms with van der Waals surface area (Å²) in [6, 6.07) is 19.0. The number of anilines is 2. The zero-order valence-corrected chi connectivity index (χ0v) is 22.1. The first kappa shape index (κ1) is 27.7. The fraction of sp³-hybridized carbons (Fsp3) is 0.192. The third kappa shape index (κ3) is 8.62. The first-order valence-electron chi connectivity index (χ1n) is 11.2. The third-order valence-corrected chi connectivity index (χ3v) is 6.48. The van der Waals surface area contributed by atoms with Gasteiger partial charge in [0.1, 0.15) is 12.3 Å². The molecular weight excluding hydrogens is 516 g/mol. The van der Waals surface area contributed by atoms with Crippen LogP contribution >= 0.6 is 11.6 Å². The number of nitrogens with zero attached hydrogens (tertiary/aromatic N) is 2. The summed E-state index contributed by atoms with van der Waals surface area (Å²) < 4.78 is 31.0. The molecule has 0 heterocycles. The SMILES string of the molecule is Cc1ccc(NC(=O)COc2ccc(/C=N\NC(=O)CN(c3cc(Cl)ccc3C)S(C)(=O)=O)cc2)cc1. The highest BCUT2D eigenvalue weighted by atomic mass is 35.5. The summed E-state index contributed by atoms with van der Waals surface area (Å²) in [5, 5.41) is 7.00. The molecule has 0 saturated heterocycles. The number of hydrogen-bond acceptors (Lipinski definition) is 6. The van der Waals surface area contributed by atoms with Gasteiger partial charge in [-0.3, -0.25) is 13.9 Å². The van der Waals surface area contributed by atoms with E-state index in [0.717, 1.165) is 16.1 Å². The van der Waals surface area contributed by atoms with Crippen molar-refractivity contribution in [1.82, 2.24) is 5.43 Å². The molecule has 194 valence electrons. The lowest BCUT2D eigenvalue weighted by molar-refractivity contribution is -0.119. The molecular formula is C26H27ClN4O5S. The van der Waals surface area contributed by atoms with Gasteiger partial charge in [0.2, 0.25) is 10.0 Å². The van der Waals surface area contributed by atoms with Gasteiger partial charge >= 0.3 is 0 Å². The fourth-order valence-electron chi connectivity index (χ4n) is 3.21. The van der Waals surface area contributed by atoms with E-state index in [9.17, 15) is 18.0 Å². The molecule has 0 fully saturated rings. The van der Waals surface area contributed by atoms with Crippen LogP contribution in [0, 0.1) is 13.8 Å². The Kier molecular flexibility index (Phi) is 9.26. The first-order chi connectivity index (χ1) is 17.5. The summed E-state index contributed by atoms with van der Waals surface area (Å²) >= 11 is 6.01. The van der Waals surface area contributed by atoms with E-state index in [-0.39, 0.29) is 12.5 Å². The van der Waals surface area contributed by atoms with Crippen LogP contribution in [0.5, 0.6) is 5.75 Å². The third-order valence-electron chi connectivity index (χ3n) is 5.12. The Morgan fingerprint density at radius 3 is 2.32 bits per heavy atom. The Bertz CT molecular complexity index is 1390. The van der Waals surface area contributed by atoms with Gasteiger partial charge in [-0.25, -0.2) is 13.8 Å². The standard InChI is InChI=1S/C26H27ClN4O5S/c1-18-4-10-22(11-5-18)29-26(33)17-36-23-12-7-20(8-13-23)15-28-30-25(32)16-31(37(3,34)35)24-14-21(27)9-6-19(24)2/h4-15H,16-17H2,1-3H3,(H,29,33)(H,30,32)/b28-15-. The molecule has 0 atom stereocenters. The van der Waals surface area contributed by atoms with Crippen LogP contribution in [0.3, 0.4) is 0 Å². The average molecular weight is 543 g/mol. The second-order valence-electron chi connectivity index (χ2n) is 8.27. The number of rotatable bonds is 10. The Hall–Kier alpha value is -3.89. The number of amides is 2. The van der Waals surface area contributed by atoms with Crippen molar-refractivity contribution in [3.63, 3.8) is 0 Å². The summed E-state index contributed by atoms with van der Waals surface area (Å²) in [7, 11) is -3.75. The first-order valence-corrected chi connectivity index (χ1v) is 13.4. The quantitative estimate of drug-likeness (QED) is 0.298. The van der Waals surface area contributed by atoms with E-state index >= 15 is 0 Å². The van der Waals surface area contributed by atoms with E-state index < -0.39 is 22.5 Å².